The molecule has 11 rings (SSSR count). The molecule has 0 amide bonds. The van der Waals surface area contributed by atoms with Crippen LogP contribution in [0.4, 0.5) is 17.1 Å². The molecule has 0 spiro atoms. The van der Waals surface area contributed by atoms with Crippen LogP contribution in [0.1, 0.15) is 0 Å². The molecular formula is C60H42N2. The first kappa shape index (κ1) is 36.8. The molecule has 62 heavy (non-hydrogen) atoms. The largest absolute Gasteiger partial charge is 0.309 e. The van der Waals surface area contributed by atoms with E-state index < -0.39 is 0 Å². The fraction of sp³-hybridized carbons (Fsp3) is 0. The Morgan fingerprint density at radius 3 is 1.42 bits per heavy atom. The smallest absolute Gasteiger partial charge is 0.0619 e. The minimum absolute atomic E-state index is 1.07. The minimum Gasteiger partial charge on any atom is -0.309 e. The van der Waals surface area contributed by atoms with Gasteiger partial charge in [0.1, 0.15) is 0 Å². The second-order valence-electron chi connectivity index (χ2n) is 15.6. The number of hydrogen-bond acceptors (Lipinski definition) is 1. The summed E-state index contributed by atoms with van der Waals surface area (Å²) in [4.78, 5) is 2.47. The van der Waals surface area contributed by atoms with E-state index in [1.165, 1.54) is 60.8 Å². The van der Waals surface area contributed by atoms with E-state index in [2.05, 4.69) is 264 Å². The highest BCUT2D eigenvalue weighted by molar-refractivity contribution is 6.14. The van der Waals surface area contributed by atoms with Gasteiger partial charge in [-0.2, -0.15) is 0 Å². The second-order valence-corrected chi connectivity index (χ2v) is 15.6. The van der Waals surface area contributed by atoms with Crippen LogP contribution >= 0.6 is 0 Å². The average Bonchev–Trinajstić information content (AvgIpc) is 3.70. The summed E-state index contributed by atoms with van der Waals surface area (Å²) in [6.07, 6.45) is 0. The van der Waals surface area contributed by atoms with E-state index in [0.29, 0.717) is 0 Å². The summed E-state index contributed by atoms with van der Waals surface area (Å²) >= 11 is 0. The van der Waals surface area contributed by atoms with Crippen molar-refractivity contribution in [1.82, 2.24) is 4.57 Å². The number of benzene rings is 10. The lowest BCUT2D eigenvalue weighted by Gasteiger charge is -2.31. The zero-order chi connectivity index (χ0) is 41.2. The zero-order valence-electron chi connectivity index (χ0n) is 34.1. The van der Waals surface area contributed by atoms with Crippen molar-refractivity contribution in [3.63, 3.8) is 0 Å². The molecule has 1 aromatic heterocycles. The van der Waals surface area contributed by atoms with Gasteiger partial charge in [0.25, 0.3) is 0 Å². The van der Waals surface area contributed by atoms with E-state index in [1.54, 1.807) is 0 Å². The van der Waals surface area contributed by atoms with Gasteiger partial charge in [0, 0.05) is 38.8 Å². The fourth-order valence-electron chi connectivity index (χ4n) is 9.26. The summed E-state index contributed by atoms with van der Waals surface area (Å²) in [7, 11) is 0. The van der Waals surface area contributed by atoms with Crippen molar-refractivity contribution in [3.05, 3.63) is 255 Å². The molecule has 1 heterocycles. The monoisotopic (exact) mass is 790 g/mol. The predicted molar refractivity (Wildman–Crippen MR) is 263 cm³/mol. The SMILES string of the molecule is c1ccc(-c2ccccc2-c2c(-c3ccccc3)cccc2N(c2ccc(-c3cccc4c5ccccc5n(-c5ccccc5)c34)cc2)c2ccccc2-c2ccccc2)cc1. The van der Waals surface area contributed by atoms with Crippen LogP contribution in [0.3, 0.4) is 0 Å². The Balaban J connectivity index is 1.16. The minimum atomic E-state index is 1.07. The molecule has 0 N–H and O–H groups in total. The van der Waals surface area contributed by atoms with Gasteiger partial charge in [-0.15, -0.1) is 0 Å². The lowest BCUT2D eigenvalue weighted by molar-refractivity contribution is 1.18. The van der Waals surface area contributed by atoms with Crippen LogP contribution in [0, 0.1) is 0 Å². The Kier molecular flexibility index (Phi) is 9.57. The number of aromatic nitrogens is 1. The summed E-state index contributed by atoms with van der Waals surface area (Å²) in [6, 6.07) is 92.1. The van der Waals surface area contributed by atoms with Gasteiger partial charge in [-0.3, -0.25) is 0 Å². The van der Waals surface area contributed by atoms with Crippen molar-refractivity contribution in [2.75, 3.05) is 4.90 Å². The molecule has 0 bridgehead atoms. The van der Waals surface area contributed by atoms with Gasteiger partial charge in [0.05, 0.1) is 22.4 Å². The average molecular weight is 791 g/mol. The molecule has 292 valence electrons. The van der Waals surface area contributed by atoms with Crippen LogP contribution in [0.15, 0.2) is 255 Å². The summed E-state index contributed by atoms with van der Waals surface area (Å²) < 4.78 is 2.42. The molecule has 2 heteroatoms. The first-order valence-electron chi connectivity index (χ1n) is 21.3. The van der Waals surface area contributed by atoms with Crippen molar-refractivity contribution in [2.24, 2.45) is 0 Å². The Morgan fingerprint density at radius 2 is 0.726 bits per heavy atom. The van der Waals surface area contributed by atoms with Gasteiger partial charge in [0.15, 0.2) is 0 Å². The number of para-hydroxylation sites is 4. The summed E-state index contributed by atoms with van der Waals surface area (Å²) in [5.74, 6) is 0. The van der Waals surface area contributed by atoms with Gasteiger partial charge in [-0.25, -0.2) is 0 Å². The molecule has 0 radical (unpaired) electrons. The van der Waals surface area contributed by atoms with Gasteiger partial charge in [-0.1, -0.05) is 212 Å². The van der Waals surface area contributed by atoms with Crippen LogP contribution in [-0.2, 0) is 0 Å². The molecular weight excluding hydrogens is 749 g/mol. The third kappa shape index (κ3) is 6.56. The lowest BCUT2D eigenvalue weighted by atomic mass is 9.87. The van der Waals surface area contributed by atoms with Crippen LogP contribution in [-0.4, -0.2) is 4.57 Å². The van der Waals surface area contributed by atoms with Crippen molar-refractivity contribution in [2.45, 2.75) is 0 Å². The molecule has 0 atom stereocenters. The fourth-order valence-corrected chi connectivity index (χ4v) is 9.26. The molecule has 0 saturated carbocycles. The van der Waals surface area contributed by atoms with Gasteiger partial charge in [0.2, 0.25) is 0 Å². The summed E-state index contributed by atoms with van der Waals surface area (Å²) in [5, 5.41) is 2.49. The number of anilines is 3. The van der Waals surface area contributed by atoms with Crippen molar-refractivity contribution < 1.29 is 0 Å². The zero-order valence-corrected chi connectivity index (χ0v) is 34.1. The lowest BCUT2D eigenvalue weighted by Crippen LogP contribution is -2.13. The topological polar surface area (TPSA) is 8.17 Å². The third-order valence-electron chi connectivity index (χ3n) is 12.0. The normalized spacial score (nSPS) is 11.2. The summed E-state index contributed by atoms with van der Waals surface area (Å²) in [6.45, 7) is 0. The van der Waals surface area contributed by atoms with E-state index in [4.69, 9.17) is 0 Å². The van der Waals surface area contributed by atoms with E-state index in [-0.39, 0.29) is 0 Å². The second kappa shape index (κ2) is 16.1. The van der Waals surface area contributed by atoms with E-state index in [1.807, 2.05) is 0 Å². The Bertz CT molecular complexity index is 3310. The standard InChI is InChI=1S/C60H42N2/c1-5-21-43(22-6-1)49-29-13-14-32-54(49)59-51(45-25-9-3-10-26-45)33-20-38-58(59)61(56-36-17-15-30-50(56)44-23-7-2-8-24-44)48-41-39-46(40-42-48)52-34-19-35-55-53-31-16-18-37-57(53)62(60(52)55)47-27-11-4-12-28-47/h1-42H. The van der Waals surface area contributed by atoms with E-state index in [9.17, 15) is 0 Å². The Labute approximate surface area is 362 Å². The maximum atomic E-state index is 2.47. The van der Waals surface area contributed by atoms with Crippen LogP contribution in [0.2, 0.25) is 0 Å². The molecule has 0 unspecified atom stereocenters. The summed E-state index contributed by atoms with van der Waals surface area (Å²) in [5.41, 5.74) is 18.5. The Morgan fingerprint density at radius 1 is 0.274 bits per heavy atom. The number of rotatable bonds is 9. The Hall–Kier alpha value is -8.20. The van der Waals surface area contributed by atoms with Crippen molar-refractivity contribution >= 4 is 38.9 Å². The highest BCUT2D eigenvalue weighted by atomic mass is 15.1. The highest BCUT2D eigenvalue weighted by Crippen LogP contribution is 2.50. The number of hydrogen-bond donors (Lipinski definition) is 0. The molecule has 0 aliphatic rings. The van der Waals surface area contributed by atoms with Crippen LogP contribution in [0.5, 0.6) is 0 Å². The van der Waals surface area contributed by atoms with Crippen LogP contribution in [0.25, 0.3) is 83.1 Å². The van der Waals surface area contributed by atoms with Gasteiger partial charge >= 0.3 is 0 Å². The maximum Gasteiger partial charge on any atom is 0.0619 e. The van der Waals surface area contributed by atoms with Crippen molar-refractivity contribution in [3.8, 4) is 61.3 Å². The molecule has 0 aliphatic heterocycles. The van der Waals surface area contributed by atoms with Gasteiger partial charge < -0.3 is 9.47 Å². The predicted octanol–water partition coefficient (Wildman–Crippen LogP) is 16.6. The number of nitrogens with zero attached hydrogens (tertiary/aromatic N) is 2. The quantitative estimate of drug-likeness (QED) is 0.141. The molecule has 0 saturated heterocycles. The first-order chi connectivity index (χ1) is 30.8. The highest BCUT2D eigenvalue weighted by Gasteiger charge is 2.25. The maximum absolute atomic E-state index is 2.47. The van der Waals surface area contributed by atoms with E-state index in [0.717, 1.165) is 39.4 Å². The third-order valence-corrected chi connectivity index (χ3v) is 12.0. The number of fused-ring (bicyclic) bond motifs is 3. The molecule has 0 aliphatic carbocycles. The molecule has 0 fully saturated rings. The van der Waals surface area contributed by atoms with Crippen LogP contribution < -0.4 is 4.90 Å². The van der Waals surface area contributed by atoms with Gasteiger partial charge in [-0.05, 0) is 81.4 Å². The molecule has 11 aromatic rings. The molecule has 10 aromatic carbocycles. The first-order valence-corrected chi connectivity index (χ1v) is 21.3. The molecule has 2 nitrogen and oxygen atoms in total. The van der Waals surface area contributed by atoms with E-state index >= 15 is 0 Å². The van der Waals surface area contributed by atoms with Crippen molar-refractivity contribution in [1.29, 1.82) is 0 Å².